The molecular weight excluding hydrogens is 369 g/mol. The molecule has 0 bridgehead atoms. The van der Waals surface area contributed by atoms with Crippen LogP contribution in [0.5, 0.6) is 0 Å². The highest BCUT2D eigenvalue weighted by atomic mass is 19.1. The zero-order valence-corrected chi connectivity index (χ0v) is 17.1. The van der Waals surface area contributed by atoms with E-state index in [9.17, 15) is 14.0 Å². The van der Waals surface area contributed by atoms with E-state index in [1.54, 1.807) is 17.0 Å². The van der Waals surface area contributed by atoms with Crippen LogP contribution in [0, 0.1) is 11.7 Å². The van der Waals surface area contributed by atoms with Crippen molar-refractivity contribution < 1.29 is 14.0 Å². The Kier molecular flexibility index (Phi) is 8.08. The Morgan fingerprint density at radius 2 is 1.97 bits per heavy atom. The minimum atomic E-state index is -0.324. The van der Waals surface area contributed by atoms with Crippen molar-refractivity contribution in [3.8, 4) is 0 Å². The molecule has 1 saturated heterocycles. The summed E-state index contributed by atoms with van der Waals surface area (Å²) in [5.74, 6) is 0.124. The first-order valence-electron chi connectivity index (χ1n) is 10.9. The van der Waals surface area contributed by atoms with Gasteiger partial charge in [-0.2, -0.15) is 0 Å². The molecule has 2 aliphatic rings. The van der Waals surface area contributed by atoms with E-state index in [1.807, 2.05) is 0 Å². The molecule has 6 heteroatoms. The van der Waals surface area contributed by atoms with Gasteiger partial charge in [0.05, 0.1) is 0 Å². The third kappa shape index (κ3) is 7.18. The fourth-order valence-electron chi connectivity index (χ4n) is 4.14. The first kappa shape index (κ1) is 21.3. The maximum Gasteiger partial charge on any atom is 0.321 e. The second-order valence-electron chi connectivity index (χ2n) is 8.14. The van der Waals surface area contributed by atoms with E-state index in [-0.39, 0.29) is 17.8 Å². The molecule has 1 aliphatic heterocycles. The van der Waals surface area contributed by atoms with Crippen molar-refractivity contribution >= 4 is 17.6 Å². The number of nitrogens with one attached hydrogen (secondary N) is 2. The van der Waals surface area contributed by atoms with E-state index >= 15 is 0 Å². The van der Waals surface area contributed by atoms with Crippen LogP contribution in [0.4, 0.5) is 14.9 Å². The average molecular weight is 402 g/mol. The van der Waals surface area contributed by atoms with Gasteiger partial charge in [-0.1, -0.05) is 11.6 Å². The monoisotopic (exact) mass is 401 g/mol. The number of halogens is 1. The van der Waals surface area contributed by atoms with E-state index in [4.69, 9.17) is 0 Å². The number of carbonyl (C=O) groups is 2. The number of benzene rings is 1. The summed E-state index contributed by atoms with van der Waals surface area (Å²) in [4.78, 5) is 26.4. The zero-order chi connectivity index (χ0) is 20.5. The fourth-order valence-corrected chi connectivity index (χ4v) is 4.14. The molecule has 0 unspecified atom stereocenters. The molecule has 0 aromatic heterocycles. The topological polar surface area (TPSA) is 61.4 Å². The quantitative estimate of drug-likeness (QED) is 0.641. The summed E-state index contributed by atoms with van der Waals surface area (Å²) in [5.41, 5.74) is 2.07. The molecule has 1 atom stereocenters. The van der Waals surface area contributed by atoms with Crippen molar-refractivity contribution in [3.63, 3.8) is 0 Å². The van der Waals surface area contributed by atoms with Crippen molar-refractivity contribution in [1.29, 1.82) is 0 Å². The van der Waals surface area contributed by atoms with E-state index in [0.29, 0.717) is 31.1 Å². The van der Waals surface area contributed by atoms with Gasteiger partial charge in [-0.15, -0.1) is 0 Å². The summed E-state index contributed by atoms with van der Waals surface area (Å²) < 4.78 is 13.0. The van der Waals surface area contributed by atoms with Gasteiger partial charge in [0.1, 0.15) is 5.82 Å². The van der Waals surface area contributed by atoms with E-state index < -0.39 is 0 Å². The lowest BCUT2D eigenvalue weighted by molar-refractivity contribution is -0.121. The van der Waals surface area contributed by atoms with Crippen LogP contribution in [-0.4, -0.2) is 36.5 Å². The number of likely N-dealkylation sites (tertiary alicyclic amines) is 1. The second-order valence-corrected chi connectivity index (χ2v) is 8.14. The molecule has 0 spiro atoms. The molecule has 1 aromatic carbocycles. The highest BCUT2D eigenvalue weighted by Gasteiger charge is 2.24. The number of anilines is 1. The van der Waals surface area contributed by atoms with Gasteiger partial charge in [-0.05, 0) is 81.5 Å². The van der Waals surface area contributed by atoms with Crippen molar-refractivity contribution in [1.82, 2.24) is 10.2 Å². The van der Waals surface area contributed by atoms with Crippen LogP contribution in [0.25, 0.3) is 0 Å². The van der Waals surface area contributed by atoms with Crippen molar-refractivity contribution in [3.05, 3.63) is 41.7 Å². The number of carbonyl (C=O) groups excluding carboxylic acids is 2. The van der Waals surface area contributed by atoms with Crippen molar-refractivity contribution in [2.75, 3.05) is 25.0 Å². The minimum Gasteiger partial charge on any atom is -0.356 e. The molecule has 3 rings (SSSR count). The van der Waals surface area contributed by atoms with Gasteiger partial charge in [-0.3, -0.25) is 4.79 Å². The maximum absolute atomic E-state index is 13.0. The third-order valence-corrected chi connectivity index (χ3v) is 5.83. The van der Waals surface area contributed by atoms with Crippen LogP contribution in [0.3, 0.4) is 0 Å². The summed E-state index contributed by atoms with van der Waals surface area (Å²) in [5, 5.41) is 5.86. The molecule has 1 fully saturated rings. The van der Waals surface area contributed by atoms with Crippen LogP contribution in [0.1, 0.15) is 57.8 Å². The van der Waals surface area contributed by atoms with Crippen LogP contribution < -0.4 is 10.6 Å². The molecule has 2 N–H and O–H groups in total. The Labute approximate surface area is 172 Å². The van der Waals surface area contributed by atoms with Gasteiger partial charge in [0, 0.05) is 31.7 Å². The van der Waals surface area contributed by atoms with E-state index in [2.05, 4.69) is 16.7 Å². The number of hydrogen-bond acceptors (Lipinski definition) is 2. The molecule has 158 valence electrons. The Bertz CT molecular complexity index is 717. The van der Waals surface area contributed by atoms with E-state index in [1.165, 1.54) is 43.4 Å². The Balaban J connectivity index is 1.35. The van der Waals surface area contributed by atoms with Crippen molar-refractivity contribution in [2.45, 2.75) is 57.8 Å². The zero-order valence-electron chi connectivity index (χ0n) is 17.1. The van der Waals surface area contributed by atoms with Gasteiger partial charge >= 0.3 is 6.03 Å². The molecule has 5 nitrogen and oxygen atoms in total. The number of nitrogens with zero attached hydrogens (tertiary/aromatic N) is 1. The number of urea groups is 1. The summed E-state index contributed by atoms with van der Waals surface area (Å²) in [7, 11) is 0. The first-order chi connectivity index (χ1) is 14.1. The molecule has 1 aliphatic carbocycles. The molecule has 1 heterocycles. The standard InChI is InChI=1S/C23H32FN3O2/c24-20-9-11-21(12-10-20)26-23(29)27-16-4-7-19(17-27)8-13-22(28)25-15-14-18-5-2-1-3-6-18/h5,9-12,19H,1-4,6-8,13-17H2,(H,25,28)(H,26,29)/t19-/m1/s1. The average Bonchev–Trinajstić information content (AvgIpc) is 2.75. The number of rotatable bonds is 7. The Hall–Kier alpha value is -2.37. The highest BCUT2D eigenvalue weighted by molar-refractivity contribution is 5.89. The molecule has 3 amide bonds. The number of hydrogen-bond donors (Lipinski definition) is 2. The summed E-state index contributed by atoms with van der Waals surface area (Å²) in [6, 6.07) is 5.62. The minimum absolute atomic E-state index is 0.106. The van der Waals surface area contributed by atoms with Gasteiger partial charge < -0.3 is 15.5 Å². The fraction of sp³-hybridized carbons (Fsp3) is 0.565. The molecule has 0 saturated carbocycles. The predicted molar refractivity (Wildman–Crippen MR) is 113 cm³/mol. The molecule has 1 aromatic rings. The van der Waals surface area contributed by atoms with Crippen LogP contribution in [0.15, 0.2) is 35.9 Å². The third-order valence-electron chi connectivity index (χ3n) is 5.83. The summed E-state index contributed by atoms with van der Waals surface area (Å²) >= 11 is 0. The number of piperidine rings is 1. The van der Waals surface area contributed by atoms with Gasteiger partial charge in [0.15, 0.2) is 0 Å². The Morgan fingerprint density at radius 1 is 1.14 bits per heavy atom. The second kappa shape index (κ2) is 11.0. The predicted octanol–water partition coefficient (Wildman–Crippen LogP) is 4.86. The van der Waals surface area contributed by atoms with Crippen molar-refractivity contribution in [2.24, 2.45) is 5.92 Å². The lowest BCUT2D eigenvalue weighted by atomic mass is 9.93. The van der Waals surface area contributed by atoms with Gasteiger partial charge in [0.25, 0.3) is 0 Å². The number of amides is 3. The Morgan fingerprint density at radius 3 is 2.72 bits per heavy atom. The summed E-state index contributed by atoms with van der Waals surface area (Å²) in [6.07, 6.45) is 11.5. The SMILES string of the molecule is O=C(CC[C@H]1CCCN(C(=O)Nc2ccc(F)cc2)C1)NCCC1=CCCCC1. The lowest BCUT2D eigenvalue weighted by Crippen LogP contribution is -2.42. The van der Waals surface area contributed by atoms with Gasteiger partial charge in [-0.25, -0.2) is 9.18 Å². The molecular formula is C23H32FN3O2. The van der Waals surface area contributed by atoms with Crippen LogP contribution in [0.2, 0.25) is 0 Å². The highest BCUT2D eigenvalue weighted by Crippen LogP contribution is 2.22. The molecule has 29 heavy (non-hydrogen) atoms. The van der Waals surface area contributed by atoms with Crippen LogP contribution in [-0.2, 0) is 4.79 Å². The van der Waals surface area contributed by atoms with Gasteiger partial charge in [0.2, 0.25) is 5.91 Å². The molecule has 0 radical (unpaired) electrons. The normalized spacial score (nSPS) is 19.4. The summed E-state index contributed by atoms with van der Waals surface area (Å²) in [6.45, 7) is 2.10. The van der Waals surface area contributed by atoms with Crippen LogP contribution >= 0.6 is 0 Å². The number of allylic oxidation sites excluding steroid dienone is 1. The lowest BCUT2D eigenvalue weighted by Gasteiger charge is -2.32. The largest absolute Gasteiger partial charge is 0.356 e. The maximum atomic E-state index is 13.0. The van der Waals surface area contributed by atoms with E-state index in [0.717, 1.165) is 32.2 Å². The first-order valence-corrected chi connectivity index (χ1v) is 10.9. The smallest absolute Gasteiger partial charge is 0.321 e.